The van der Waals surface area contributed by atoms with E-state index >= 15 is 0 Å². The lowest BCUT2D eigenvalue weighted by Crippen LogP contribution is -2.11. The highest BCUT2D eigenvalue weighted by Crippen LogP contribution is 2.39. The molecule has 0 spiro atoms. The van der Waals surface area contributed by atoms with Gasteiger partial charge in [-0.25, -0.2) is 0 Å². The van der Waals surface area contributed by atoms with E-state index in [2.05, 4.69) is 42.2 Å². The smallest absolute Gasteiger partial charge is 0.255 e. The molecule has 0 fully saturated rings. The molecule has 3 rings (SSSR count). The molecule has 0 aliphatic carbocycles. The van der Waals surface area contributed by atoms with Crippen molar-refractivity contribution >= 4 is 55.4 Å². The molecule has 7 heteroatoms. The molecule has 3 aromatic rings. The van der Waals surface area contributed by atoms with Gasteiger partial charge in [0.05, 0.1) is 17.9 Å². The number of amides is 1. The number of aromatic hydroxyl groups is 1. The summed E-state index contributed by atoms with van der Waals surface area (Å²) in [5.74, 6) is 0.216. The second kappa shape index (κ2) is 9.71. The average molecular weight is 518 g/mol. The highest BCUT2D eigenvalue weighted by Gasteiger charge is 2.14. The molecule has 0 bridgehead atoms. The third-order valence-corrected chi connectivity index (χ3v) is 6.01. The predicted molar refractivity (Wildman–Crippen MR) is 123 cm³/mol. The maximum absolute atomic E-state index is 12.2. The third-order valence-electron chi connectivity index (χ3n) is 4.00. The number of phenols is 1. The van der Waals surface area contributed by atoms with Gasteiger partial charge in [0.2, 0.25) is 0 Å². The van der Waals surface area contributed by atoms with E-state index in [4.69, 9.17) is 4.74 Å². The monoisotopic (exact) mass is 516 g/mol. The number of rotatable bonds is 6. The Morgan fingerprint density at radius 3 is 2.48 bits per heavy atom. The second-order valence-electron chi connectivity index (χ2n) is 5.99. The maximum atomic E-state index is 12.2. The molecule has 148 valence electrons. The number of ether oxygens (including phenoxy) is 1. The molecular formula is C22H18Br2N2O3. The number of nitrogens with zero attached hydrogens (tertiary/aromatic N) is 1. The first kappa shape index (κ1) is 21.1. The first-order valence-corrected chi connectivity index (χ1v) is 10.4. The van der Waals surface area contributed by atoms with Crippen LogP contribution in [0.1, 0.15) is 22.8 Å². The Labute approximate surface area is 185 Å². The molecular weight excluding hydrogens is 500 g/mol. The van der Waals surface area contributed by atoms with Gasteiger partial charge in [0.1, 0.15) is 0 Å². The largest absolute Gasteiger partial charge is 0.504 e. The molecule has 0 heterocycles. The second-order valence-corrected chi connectivity index (χ2v) is 7.64. The lowest BCUT2D eigenvalue weighted by molar-refractivity contribution is 0.102. The van der Waals surface area contributed by atoms with Crippen LogP contribution in [0.5, 0.6) is 11.5 Å². The predicted octanol–water partition coefficient (Wildman–Crippen LogP) is 6.32. The molecule has 1 amide bonds. The summed E-state index contributed by atoms with van der Waals surface area (Å²) in [4.78, 5) is 16.6. The summed E-state index contributed by atoms with van der Waals surface area (Å²) >= 11 is 6.89. The van der Waals surface area contributed by atoms with Crippen LogP contribution in [-0.4, -0.2) is 23.8 Å². The maximum Gasteiger partial charge on any atom is 0.255 e. The zero-order chi connectivity index (χ0) is 20.8. The Kier molecular flexibility index (Phi) is 7.06. The van der Waals surface area contributed by atoms with E-state index in [1.165, 1.54) is 0 Å². The summed E-state index contributed by atoms with van der Waals surface area (Å²) in [7, 11) is 0. The van der Waals surface area contributed by atoms with Gasteiger partial charge >= 0.3 is 0 Å². The lowest BCUT2D eigenvalue weighted by Gasteiger charge is -2.11. The van der Waals surface area contributed by atoms with Crippen LogP contribution in [-0.2, 0) is 0 Å². The van der Waals surface area contributed by atoms with E-state index in [0.717, 1.165) is 4.47 Å². The fourth-order valence-corrected chi connectivity index (χ4v) is 3.38. The molecule has 0 radical (unpaired) electrons. The van der Waals surface area contributed by atoms with Crippen LogP contribution in [0.15, 0.2) is 74.6 Å². The number of halogens is 2. The molecule has 2 N–H and O–H groups in total. The number of carbonyl (C=O) groups is 1. The van der Waals surface area contributed by atoms with Crippen molar-refractivity contribution in [1.29, 1.82) is 0 Å². The lowest BCUT2D eigenvalue weighted by atomic mass is 10.2. The van der Waals surface area contributed by atoms with Crippen LogP contribution in [0.2, 0.25) is 0 Å². The highest BCUT2D eigenvalue weighted by molar-refractivity contribution is 9.13. The molecule has 29 heavy (non-hydrogen) atoms. The van der Waals surface area contributed by atoms with Gasteiger partial charge in [-0.3, -0.25) is 9.79 Å². The fourth-order valence-electron chi connectivity index (χ4n) is 2.56. The quantitative estimate of drug-likeness (QED) is 0.376. The Hall–Kier alpha value is -2.64. The van der Waals surface area contributed by atoms with Crippen LogP contribution in [0.25, 0.3) is 0 Å². The van der Waals surface area contributed by atoms with Gasteiger partial charge in [0, 0.05) is 26.4 Å². The van der Waals surface area contributed by atoms with Crippen molar-refractivity contribution in [3.8, 4) is 11.5 Å². The van der Waals surface area contributed by atoms with Crippen LogP contribution >= 0.6 is 31.9 Å². The standard InChI is InChI=1S/C22H18Br2N2O3/c1-2-29-19-12-18(23)20(24)17(21(19)27)13-25-15-8-10-16(11-9-15)26-22(28)14-6-4-3-5-7-14/h3-13,27H,2H2,1H3,(H,26,28). The Morgan fingerprint density at radius 2 is 1.83 bits per heavy atom. The Bertz CT molecular complexity index is 1040. The van der Waals surface area contributed by atoms with E-state index in [1.807, 2.05) is 25.1 Å². The summed E-state index contributed by atoms with van der Waals surface area (Å²) in [5.41, 5.74) is 2.44. The number of anilines is 1. The summed E-state index contributed by atoms with van der Waals surface area (Å²) in [6, 6.07) is 17.8. The summed E-state index contributed by atoms with van der Waals surface area (Å²) in [6.07, 6.45) is 1.56. The van der Waals surface area contributed by atoms with Gasteiger partial charge in [0.25, 0.3) is 5.91 Å². The minimum Gasteiger partial charge on any atom is -0.504 e. The number of hydrogen-bond donors (Lipinski definition) is 2. The number of hydrogen-bond acceptors (Lipinski definition) is 4. The number of nitrogens with one attached hydrogen (secondary N) is 1. The molecule has 0 aromatic heterocycles. The first-order chi connectivity index (χ1) is 14.0. The molecule has 0 aliphatic heterocycles. The highest BCUT2D eigenvalue weighted by atomic mass is 79.9. The molecule has 3 aromatic carbocycles. The topological polar surface area (TPSA) is 70.9 Å². The molecule has 0 saturated heterocycles. The average Bonchev–Trinajstić information content (AvgIpc) is 2.74. The van der Waals surface area contributed by atoms with Crippen LogP contribution in [0.4, 0.5) is 11.4 Å². The SMILES string of the molecule is CCOc1cc(Br)c(Br)c(C=Nc2ccc(NC(=O)c3ccccc3)cc2)c1O. The third kappa shape index (κ3) is 5.25. The van der Waals surface area contributed by atoms with Crippen molar-refractivity contribution < 1.29 is 14.6 Å². The van der Waals surface area contributed by atoms with E-state index in [9.17, 15) is 9.90 Å². The van der Waals surface area contributed by atoms with E-state index in [1.54, 1.807) is 48.7 Å². The van der Waals surface area contributed by atoms with Crippen molar-refractivity contribution in [2.24, 2.45) is 4.99 Å². The van der Waals surface area contributed by atoms with Crippen molar-refractivity contribution in [1.82, 2.24) is 0 Å². The Morgan fingerprint density at radius 1 is 1.14 bits per heavy atom. The van der Waals surface area contributed by atoms with Crippen molar-refractivity contribution in [3.63, 3.8) is 0 Å². The number of carbonyl (C=O) groups excluding carboxylic acids is 1. The first-order valence-electron chi connectivity index (χ1n) is 8.84. The zero-order valence-electron chi connectivity index (χ0n) is 15.5. The van der Waals surface area contributed by atoms with E-state index in [0.29, 0.717) is 39.3 Å². The van der Waals surface area contributed by atoms with Crippen molar-refractivity contribution in [2.45, 2.75) is 6.92 Å². The van der Waals surface area contributed by atoms with Crippen LogP contribution < -0.4 is 10.1 Å². The fraction of sp³-hybridized carbons (Fsp3) is 0.0909. The molecule has 0 atom stereocenters. The molecule has 0 unspecified atom stereocenters. The van der Waals surface area contributed by atoms with E-state index < -0.39 is 0 Å². The number of phenolic OH excluding ortho intramolecular Hbond substituents is 1. The molecule has 5 nitrogen and oxygen atoms in total. The van der Waals surface area contributed by atoms with Gasteiger partial charge in [0.15, 0.2) is 11.5 Å². The Balaban J connectivity index is 1.76. The van der Waals surface area contributed by atoms with Crippen LogP contribution in [0, 0.1) is 0 Å². The van der Waals surface area contributed by atoms with E-state index in [-0.39, 0.29) is 11.7 Å². The van der Waals surface area contributed by atoms with Gasteiger partial charge < -0.3 is 15.2 Å². The summed E-state index contributed by atoms with van der Waals surface area (Å²) < 4.78 is 6.88. The van der Waals surface area contributed by atoms with Crippen molar-refractivity contribution in [2.75, 3.05) is 11.9 Å². The van der Waals surface area contributed by atoms with Crippen molar-refractivity contribution in [3.05, 3.63) is 80.7 Å². The minimum absolute atomic E-state index is 0.0115. The zero-order valence-corrected chi connectivity index (χ0v) is 18.7. The summed E-state index contributed by atoms with van der Waals surface area (Å²) in [6.45, 7) is 2.29. The molecule has 0 aliphatic rings. The van der Waals surface area contributed by atoms with Gasteiger partial charge in [-0.15, -0.1) is 0 Å². The summed E-state index contributed by atoms with van der Waals surface area (Å²) in [5, 5.41) is 13.3. The number of aliphatic imine (C=N–C) groups is 1. The van der Waals surface area contributed by atoms with Gasteiger partial charge in [-0.05, 0) is 81.2 Å². The van der Waals surface area contributed by atoms with Gasteiger partial charge in [-0.2, -0.15) is 0 Å². The normalized spacial score (nSPS) is 10.9. The minimum atomic E-state index is -0.173. The number of benzene rings is 3. The van der Waals surface area contributed by atoms with Crippen LogP contribution in [0.3, 0.4) is 0 Å². The molecule has 0 saturated carbocycles. The van der Waals surface area contributed by atoms with Gasteiger partial charge in [-0.1, -0.05) is 18.2 Å².